The molecule has 3 aliphatic rings. The summed E-state index contributed by atoms with van der Waals surface area (Å²) in [7, 11) is 0. The fraction of sp³-hybridized carbons (Fsp3) is 0.400. The van der Waals surface area contributed by atoms with E-state index >= 15 is 0 Å². The predicted octanol–water partition coefficient (Wildman–Crippen LogP) is 2.88. The van der Waals surface area contributed by atoms with E-state index in [9.17, 15) is 9.59 Å². The van der Waals surface area contributed by atoms with Crippen LogP contribution in [0.3, 0.4) is 0 Å². The average Bonchev–Trinajstić information content (AvgIpc) is 3.06. The van der Waals surface area contributed by atoms with Gasteiger partial charge < -0.3 is 39.7 Å². The maximum absolute atomic E-state index is 12.9. The van der Waals surface area contributed by atoms with E-state index < -0.39 is 0 Å². The van der Waals surface area contributed by atoms with Crippen LogP contribution in [0.2, 0.25) is 0 Å². The fourth-order valence-corrected chi connectivity index (χ4v) is 5.28. The molecular weight excluding hydrogens is 536 g/mol. The van der Waals surface area contributed by atoms with Crippen molar-refractivity contribution in [3.63, 3.8) is 0 Å². The molecule has 3 aromatic rings. The number of benzene rings is 2. The predicted molar refractivity (Wildman–Crippen MR) is 161 cm³/mol. The Morgan fingerprint density at radius 1 is 0.667 bits per heavy atom. The van der Waals surface area contributed by atoms with Crippen molar-refractivity contribution >= 4 is 40.8 Å². The summed E-state index contributed by atoms with van der Waals surface area (Å²) in [4.78, 5) is 42.7. The Kier molecular flexibility index (Phi) is 8.61. The van der Waals surface area contributed by atoms with Crippen molar-refractivity contribution in [2.24, 2.45) is 0 Å². The first-order valence-electron chi connectivity index (χ1n) is 14.4. The lowest BCUT2D eigenvalue weighted by Gasteiger charge is -2.35. The number of carbonyl (C=O) groups excluding carboxylic acids is 2. The minimum absolute atomic E-state index is 0.0166. The second kappa shape index (κ2) is 13.0. The number of aromatic nitrogens is 2. The standard InChI is InChI=1S/C30H36N8O4/c39-28(37-17-21-42-22-18-37)23-1-3-25(4-2-23)33-30(40)38-13-11-36(12-14-38)27-9-10-31-29(34-27)32-24-5-7-26(8-6-24)35-15-19-41-20-16-35/h1-10H,11-22H2,(H,33,40)(H,31,32,34). The number of hydrogen-bond donors (Lipinski definition) is 2. The molecule has 4 heterocycles. The van der Waals surface area contributed by atoms with Gasteiger partial charge in [0.2, 0.25) is 5.95 Å². The van der Waals surface area contributed by atoms with Gasteiger partial charge in [-0.25, -0.2) is 9.78 Å². The Bertz CT molecular complexity index is 1350. The van der Waals surface area contributed by atoms with Crippen LogP contribution >= 0.6 is 0 Å². The van der Waals surface area contributed by atoms with Gasteiger partial charge in [-0.05, 0) is 54.6 Å². The van der Waals surface area contributed by atoms with Gasteiger partial charge in [-0.1, -0.05) is 0 Å². The Hall–Kier alpha value is -4.42. The Labute approximate surface area is 245 Å². The third-order valence-electron chi connectivity index (χ3n) is 7.71. The number of nitrogens with zero attached hydrogens (tertiary/aromatic N) is 6. The van der Waals surface area contributed by atoms with Crippen LogP contribution in [0.5, 0.6) is 0 Å². The summed E-state index contributed by atoms with van der Waals surface area (Å²) in [5, 5.41) is 6.25. The lowest BCUT2D eigenvalue weighted by Crippen LogP contribution is -2.50. The molecule has 0 atom stereocenters. The molecule has 0 radical (unpaired) electrons. The molecular formula is C30H36N8O4. The number of rotatable bonds is 6. The van der Waals surface area contributed by atoms with Crippen molar-refractivity contribution in [1.82, 2.24) is 19.8 Å². The maximum Gasteiger partial charge on any atom is 0.321 e. The zero-order chi connectivity index (χ0) is 28.7. The highest BCUT2D eigenvalue weighted by atomic mass is 16.5. The van der Waals surface area contributed by atoms with E-state index in [0.717, 1.165) is 37.8 Å². The largest absolute Gasteiger partial charge is 0.378 e. The molecule has 12 heteroatoms. The smallest absolute Gasteiger partial charge is 0.321 e. The van der Waals surface area contributed by atoms with Crippen LogP contribution in [-0.4, -0.2) is 110 Å². The molecule has 2 aromatic carbocycles. The molecule has 0 unspecified atom stereocenters. The number of morpholine rings is 2. The van der Waals surface area contributed by atoms with E-state index in [0.29, 0.717) is 69.7 Å². The van der Waals surface area contributed by atoms with Crippen molar-refractivity contribution in [2.75, 3.05) is 99.2 Å². The van der Waals surface area contributed by atoms with E-state index in [2.05, 4.69) is 37.6 Å². The lowest BCUT2D eigenvalue weighted by atomic mass is 10.1. The normalized spacial score (nSPS) is 17.6. The molecule has 2 N–H and O–H groups in total. The van der Waals surface area contributed by atoms with Crippen LogP contribution in [0.15, 0.2) is 60.8 Å². The molecule has 0 saturated carbocycles. The van der Waals surface area contributed by atoms with E-state index in [-0.39, 0.29) is 11.9 Å². The topological polar surface area (TPSA) is 115 Å². The van der Waals surface area contributed by atoms with Crippen molar-refractivity contribution in [1.29, 1.82) is 0 Å². The molecule has 3 amide bonds. The number of nitrogens with one attached hydrogen (secondary N) is 2. The van der Waals surface area contributed by atoms with Crippen LogP contribution in [-0.2, 0) is 9.47 Å². The Balaban J connectivity index is 0.987. The number of hydrogen-bond acceptors (Lipinski definition) is 9. The number of ether oxygens (including phenoxy) is 2. The monoisotopic (exact) mass is 572 g/mol. The quantitative estimate of drug-likeness (QED) is 0.460. The third-order valence-corrected chi connectivity index (χ3v) is 7.71. The molecule has 0 aliphatic carbocycles. The second-order valence-electron chi connectivity index (χ2n) is 10.4. The summed E-state index contributed by atoms with van der Waals surface area (Å²) in [5.41, 5.74) is 3.36. The molecule has 3 fully saturated rings. The molecule has 3 saturated heterocycles. The summed E-state index contributed by atoms with van der Waals surface area (Å²) in [6.45, 7) is 8.08. The highest BCUT2D eigenvalue weighted by Crippen LogP contribution is 2.22. The van der Waals surface area contributed by atoms with Gasteiger partial charge in [0.25, 0.3) is 5.91 Å². The molecule has 0 bridgehead atoms. The van der Waals surface area contributed by atoms with Gasteiger partial charge in [0, 0.05) is 81.2 Å². The highest BCUT2D eigenvalue weighted by molar-refractivity contribution is 5.95. The van der Waals surface area contributed by atoms with E-state index in [1.807, 2.05) is 18.2 Å². The summed E-state index contributed by atoms with van der Waals surface area (Å²) >= 11 is 0. The summed E-state index contributed by atoms with van der Waals surface area (Å²) in [5.74, 6) is 1.33. The van der Waals surface area contributed by atoms with E-state index in [4.69, 9.17) is 14.5 Å². The Morgan fingerprint density at radius 3 is 2.00 bits per heavy atom. The van der Waals surface area contributed by atoms with Gasteiger partial charge in [-0.15, -0.1) is 0 Å². The minimum atomic E-state index is -0.160. The van der Waals surface area contributed by atoms with Crippen LogP contribution in [0, 0.1) is 0 Å². The zero-order valence-corrected chi connectivity index (χ0v) is 23.6. The zero-order valence-electron chi connectivity index (χ0n) is 23.6. The molecule has 3 aliphatic heterocycles. The molecule has 6 rings (SSSR count). The fourth-order valence-electron chi connectivity index (χ4n) is 5.28. The SMILES string of the molecule is O=C(Nc1ccc(C(=O)N2CCOCC2)cc1)N1CCN(c2ccnc(Nc3ccc(N4CCOCC4)cc3)n2)CC1. The summed E-state index contributed by atoms with van der Waals surface area (Å²) < 4.78 is 10.8. The second-order valence-corrected chi connectivity index (χ2v) is 10.4. The molecule has 12 nitrogen and oxygen atoms in total. The van der Waals surface area contributed by atoms with Gasteiger partial charge >= 0.3 is 6.03 Å². The summed E-state index contributed by atoms with van der Waals surface area (Å²) in [6, 6.07) is 17.1. The van der Waals surface area contributed by atoms with Gasteiger partial charge in [0.1, 0.15) is 5.82 Å². The first-order chi connectivity index (χ1) is 20.6. The number of urea groups is 1. The average molecular weight is 573 g/mol. The van der Waals surface area contributed by atoms with Crippen molar-refractivity contribution in [3.05, 3.63) is 66.4 Å². The van der Waals surface area contributed by atoms with Crippen molar-refractivity contribution < 1.29 is 19.1 Å². The number of anilines is 5. The van der Waals surface area contributed by atoms with Gasteiger partial charge in [-0.3, -0.25) is 4.79 Å². The van der Waals surface area contributed by atoms with Gasteiger partial charge in [-0.2, -0.15) is 4.98 Å². The van der Waals surface area contributed by atoms with Crippen LogP contribution < -0.4 is 20.4 Å². The van der Waals surface area contributed by atoms with Crippen molar-refractivity contribution in [2.45, 2.75) is 0 Å². The van der Waals surface area contributed by atoms with Gasteiger partial charge in [0.15, 0.2) is 0 Å². The lowest BCUT2D eigenvalue weighted by molar-refractivity contribution is 0.0303. The maximum atomic E-state index is 12.9. The van der Waals surface area contributed by atoms with Crippen LogP contribution in [0.4, 0.5) is 33.6 Å². The first-order valence-corrected chi connectivity index (χ1v) is 14.4. The molecule has 220 valence electrons. The molecule has 42 heavy (non-hydrogen) atoms. The molecule has 1 aromatic heterocycles. The third kappa shape index (κ3) is 6.72. The van der Waals surface area contributed by atoms with Crippen LogP contribution in [0.25, 0.3) is 0 Å². The van der Waals surface area contributed by atoms with Crippen molar-refractivity contribution in [3.8, 4) is 0 Å². The number of amides is 3. The first kappa shape index (κ1) is 27.7. The Morgan fingerprint density at radius 2 is 1.31 bits per heavy atom. The van der Waals surface area contributed by atoms with Crippen LogP contribution in [0.1, 0.15) is 10.4 Å². The van der Waals surface area contributed by atoms with Gasteiger partial charge in [0.05, 0.1) is 26.4 Å². The molecule has 0 spiro atoms. The van der Waals surface area contributed by atoms with E-state index in [1.165, 1.54) is 5.69 Å². The summed E-state index contributed by atoms with van der Waals surface area (Å²) in [6.07, 6.45) is 1.75. The minimum Gasteiger partial charge on any atom is -0.378 e. The number of piperazine rings is 1. The van der Waals surface area contributed by atoms with E-state index in [1.54, 1.807) is 40.3 Å². The number of carbonyl (C=O) groups is 2. The highest BCUT2D eigenvalue weighted by Gasteiger charge is 2.23.